The Labute approximate surface area is 139 Å². The minimum absolute atomic E-state index is 0.0437. The summed E-state index contributed by atoms with van der Waals surface area (Å²) in [5.74, 6) is 0.775. The molecule has 3 aromatic rings. The second kappa shape index (κ2) is 7.24. The quantitative estimate of drug-likeness (QED) is 0.738. The van der Waals surface area contributed by atoms with Gasteiger partial charge in [-0.3, -0.25) is 4.79 Å². The van der Waals surface area contributed by atoms with Gasteiger partial charge in [-0.2, -0.15) is 0 Å². The van der Waals surface area contributed by atoms with E-state index in [2.05, 4.69) is 41.5 Å². The number of rotatable bonds is 6. The second-order valence-electron chi connectivity index (χ2n) is 5.43. The van der Waals surface area contributed by atoms with Crippen molar-refractivity contribution in [1.82, 2.24) is 4.98 Å². The van der Waals surface area contributed by atoms with Gasteiger partial charge in [-0.05, 0) is 24.6 Å². The minimum atomic E-state index is -0.0437. The molecule has 0 fully saturated rings. The molecule has 0 radical (unpaired) electrons. The van der Waals surface area contributed by atoms with Crippen LogP contribution in [0.5, 0.6) is 0 Å². The van der Waals surface area contributed by atoms with Gasteiger partial charge in [0, 0.05) is 30.3 Å². The van der Waals surface area contributed by atoms with E-state index in [9.17, 15) is 4.79 Å². The molecular formula is C18H18N2O2S. The van der Waals surface area contributed by atoms with Crippen LogP contribution in [0.3, 0.4) is 0 Å². The van der Waals surface area contributed by atoms with Crippen LogP contribution in [-0.4, -0.2) is 10.9 Å². The molecule has 0 unspecified atom stereocenters. The molecule has 1 amide bonds. The zero-order chi connectivity index (χ0) is 16.1. The van der Waals surface area contributed by atoms with Crippen LogP contribution in [0, 0.1) is 6.92 Å². The molecule has 0 saturated carbocycles. The van der Waals surface area contributed by atoms with E-state index < -0.39 is 0 Å². The summed E-state index contributed by atoms with van der Waals surface area (Å²) in [5, 5.41) is 3.50. The van der Waals surface area contributed by atoms with Crippen molar-refractivity contribution >= 4 is 22.4 Å². The van der Waals surface area contributed by atoms with Gasteiger partial charge < -0.3 is 9.73 Å². The number of carbonyl (C=O) groups excluding carboxylic acids is 1. The van der Waals surface area contributed by atoms with Gasteiger partial charge in [0.1, 0.15) is 5.76 Å². The zero-order valence-electron chi connectivity index (χ0n) is 12.9. The van der Waals surface area contributed by atoms with Crippen LogP contribution < -0.4 is 5.32 Å². The summed E-state index contributed by atoms with van der Waals surface area (Å²) < 4.78 is 5.22. The smallest absolute Gasteiger partial charge is 0.226 e. The van der Waals surface area contributed by atoms with E-state index in [0.29, 0.717) is 18.0 Å². The number of amides is 1. The van der Waals surface area contributed by atoms with Crippen LogP contribution in [0.15, 0.2) is 53.3 Å². The summed E-state index contributed by atoms with van der Waals surface area (Å²) in [6.07, 6.45) is 5.27. The van der Waals surface area contributed by atoms with Crippen molar-refractivity contribution < 1.29 is 9.21 Å². The van der Waals surface area contributed by atoms with Crippen LogP contribution in [0.1, 0.15) is 28.2 Å². The maximum atomic E-state index is 11.9. The molecule has 4 nitrogen and oxygen atoms in total. The molecule has 0 aliphatic heterocycles. The number of thiazole rings is 1. The van der Waals surface area contributed by atoms with Gasteiger partial charge in [0.25, 0.3) is 0 Å². The van der Waals surface area contributed by atoms with Crippen molar-refractivity contribution in [3.8, 4) is 0 Å². The Bertz CT molecular complexity index is 778. The number of hydrogen-bond acceptors (Lipinski definition) is 4. The van der Waals surface area contributed by atoms with Crippen LogP contribution in [-0.2, 0) is 17.6 Å². The maximum Gasteiger partial charge on any atom is 0.226 e. The number of hydrogen-bond donors (Lipinski definition) is 1. The number of aromatic nitrogens is 1. The standard InChI is InChI=1S/C18H18N2O2S/c1-13-4-2-5-14(10-13)11-16-12-19-18(23-16)20-17(21)8-7-15-6-3-9-22-15/h2-6,9-10,12H,7-8,11H2,1H3,(H,19,20,21). The first-order valence-electron chi connectivity index (χ1n) is 7.51. The molecular weight excluding hydrogens is 308 g/mol. The highest BCUT2D eigenvalue weighted by Gasteiger charge is 2.08. The van der Waals surface area contributed by atoms with Gasteiger partial charge in [-0.25, -0.2) is 4.98 Å². The van der Waals surface area contributed by atoms with Gasteiger partial charge in [0.15, 0.2) is 5.13 Å². The molecule has 0 spiro atoms. The lowest BCUT2D eigenvalue weighted by Gasteiger charge is -2.01. The lowest BCUT2D eigenvalue weighted by atomic mass is 10.1. The van der Waals surface area contributed by atoms with Gasteiger partial charge in [-0.15, -0.1) is 11.3 Å². The lowest BCUT2D eigenvalue weighted by Crippen LogP contribution is -2.11. The topological polar surface area (TPSA) is 55.1 Å². The summed E-state index contributed by atoms with van der Waals surface area (Å²) in [5.41, 5.74) is 2.50. The van der Waals surface area contributed by atoms with E-state index in [1.807, 2.05) is 18.3 Å². The van der Waals surface area contributed by atoms with Gasteiger partial charge in [0.05, 0.1) is 6.26 Å². The Kier molecular flexibility index (Phi) is 4.88. The number of nitrogens with one attached hydrogen (secondary N) is 1. The highest BCUT2D eigenvalue weighted by Crippen LogP contribution is 2.21. The molecule has 0 saturated heterocycles. The van der Waals surface area contributed by atoms with Gasteiger partial charge >= 0.3 is 0 Å². The number of anilines is 1. The molecule has 0 bridgehead atoms. The Hall–Kier alpha value is -2.40. The predicted molar refractivity (Wildman–Crippen MR) is 91.8 cm³/mol. The van der Waals surface area contributed by atoms with Crippen molar-refractivity contribution in [1.29, 1.82) is 0 Å². The number of furan rings is 1. The molecule has 2 aromatic heterocycles. The number of nitrogens with zero attached hydrogens (tertiary/aromatic N) is 1. The Balaban J connectivity index is 1.53. The van der Waals surface area contributed by atoms with E-state index >= 15 is 0 Å². The first-order valence-corrected chi connectivity index (χ1v) is 8.33. The second-order valence-corrected chi connectivity index (χ2v) is 6.54. The summed E-state index contributed by atoms with van der Waals surface area (Å²) in [6, 6.07) is 12.1. The molecule has 1 aromatic carbocycles. The Morgan fingerprint density at radius 2 is 2.22 bits per heavy atom. The average molecular weight is 326 g/mol. The van der Waals surface area contributed by atoms with E-state index in [4.69, 9.17) is 4.42 Å². The molecule has 0 atom stereocenters. The predicted octanol–water partition coefficient (Wildman–Crippen LogP) is 4.21. The fourth-order valence-corrected chi connectivity index (χ4v) is 3.21. The zero-order valence-corrected chi connectivity index (χ0v) is 13.7. The van der Waals surface area contributed by atoms with Crippen molar-refractivity contribution in [2.75, 3.05) is 5.32 Å². The first kappa shape index (κ1) is 15.5. The summed E-state index contributed by atoms with van der Waals surface area (Å²) >= 11 is 1.52. The Morgan fingerprint density at radius 1 is 1.30 bits per heavy atom. The summed E-state index contributed by atoms with van der Waals surface area (Å²) in [4.78, 5) is 17.4. The highest BCUT2D eigenvalue weighted by atomic mass is 32.1. The summed E-state index contributed by atoms with van der Waals surface area (Å²) in [6.45, 7) is 2.08. The van der Waals surface area contributed by atoms with Crippen molar-refractivity contribution in [2.24, 2.45) is 0 Å². The van der Waals surface area contributed by atoms with Gasteiger partial charge in [0.2, 0.25) is 5.91 Å². The number of carbonyl (C=O) groups is 1. The third-order valence-corrected chi connectivity index (χ3v) is 4.35. The minimum Gasteiger partial charge on any atom is -0.469 e. The Morgan fingerprint density at radius 3 is 3.00 bits per heavy atom. The highest BCUT2D eigenvalue weighted by molar-refractivity contribution is 7.15. The third kappa shape index (κ3) is 4.53. The van der Waals surface area contributed by atoms with Crippen molar-refractivity contribution in [3.05, 3.63) is 70.6 Å². The van der Waals surface area contributed by atoms with Crippen LogP contribution >= 0.6 is 11.3 Å². The van der Waals surface area contributed by atoms with Crippen LogP contribution in [0.4, 0.5) is 5.13 Å². The number of aryl methyl sites for hydroxylation is 2. The average Bonchev–Trinajstić information content (AvgIpc) is 3.17. The molecule has 1 N–H and O–H groups in total. The van der Waals surface area contributed by atoms with E-state index in [-0.39, 0.29) is 5.91 Å². The fraction of sp³-hybridized carbons (Fsp3) is 0.222. The molecule has 5 heteroatoms. The van der Waals surface area contributed by atoms with Crippen molar-refractivity contribution in [3.63, 3.8) is 0 Å². The molecule has 0 aliphatic rings. The molecule has 3 rings (SSSR count). The number of benzene rings is 1. The molecule has 2 heterocycles. The van der Waals surface area contributed by atoms with E-state index in [0.717, 1.165) is 17.1 Å². The SMILES string of the molecule is Cc1cccc(Cc2cnc(NC(=O)CCc3ccco3)s2)c1. The van der Waals surface area contributed by atoms with Crippen LogP contribution in [0.2, 0.25) is 0 Å². The first-order chi connectivity index (χ1) is 11.2. The molecule has 118 valence electrons. The third-order valence-electron chi connectivity index (χ3n) is 3.44. The molecule has 23 heavy (non-hydrogen) atoms. The molecule has 0 aliphatic carbocycles. The maximum absolute atomic E-state index is 11.9. The van der Waals surface area contributed by atoms with Gasteiger partial charge in [-0.1, -0.05) is 29.8 Å². The monoisotopic (exact) mass is 326 g/mol. The van der Waals surface area contributed by atoms with Crippen LogP contribution in [0.25, 0.3) is 0 Å². The largest absolute Gasteiger partial charge is 0.469 e. The summed E-state index contributed by atoms with van der Waals surface area (Å²) in [7, 11) is 0. The lowest BCUT2D eigenvalue weighted by molar-refractivity contribution is -0.116. The van der Waals surface area contributed by atoms with Crippen molar-refractivity contribution in [2.45, 2.75) is 26.2 Å². The van der Waals surface area contributed by atoms with E-state index in [1.54, 1.807) is 6.26 Å². The van der Waals surface area contributed by atoms with E-state index in [1.165, 1.54) is 22.5 Å². The normalized spacial score (nSPS) is 10.7. The fourth-order valence-electron chi connectivity index (χ4n) is 2.34.